The van der Waals surface area contributed by atoms with Crippen LogP contribution in [-0.4, -0.2) is 63.4 Å². The lowest BCUT2D eigenvalue weighted by atomic mass is 9.98. The molecule has 166 valence electrons. The Morgan fingerprint density at radius 3 is 2.29 bits per heavy atom. The van der Waals surface area contributed by atoms with Gasteiger partial charge in [-0.1, -0.05) is 0 Å². The molecule has 0 saturated carbocycles. The van der Waals surface area contributed by atoms with E-state index in [1.54, 1.807) is 31.4 Å². The van der Waals surface area contributed by atoms with Gasteiger partial charge in [0.25, 0.3) is 5.91 Å². The van der Waals surface area contributed by atoms with Gasteiger partial charge in [-0.2, -0.15) is 0 Å². The Morgan fingerprint density at radius 2 is 1.65 bits per heavy atom. The molecule has 2 fully saturated rings. The van der Waals surface area contributed by atoms with E-state index in [2.05, 4.69) is 27.2 Å². The smallest absolute Gasteiger partial charge is 0.255 e. The van der Waals surface area contributed by atoms with Crippen molar-refractivity contribution < 1.29 is 14.3 Å². The molecule has 1 N–H and O–H groups in total. The number of methoxy groups -OCH3 is 2. The minimum atomic E-state index is -0.118. The fourth-order valence-corrected chi connectivity index (χ4v) is 4.68. The highest BCUT2D eigenvalue weighted by atomic mass is 16.5. The van der Waals surface area contributed by atoms with Crippen molar-refractivity contribution in [3.05, 3.63) is 54.1 Å². The molecule has 2 saturated heterocycles. The lowest BCUT2D eigenvalue weighted by Gasteiger charge is -2.42. The number of benzene rings is 2. The molecule has 0 spiro atoms. The molecule has 1 atom stereocenters. The number of hydrogen-bond acceptors (Lipinski definition) is 5. The molecule has 2 aromatic rings. The van der Waals surface area contributed by atoms with Crippen molar-refractivity contribution in [1.29, 1.82) is 0 Å². The number of piperidine rings is 2. The Morgan fingerprint density at radius 1 is 0.935 bits per heavy atom. The van der Waals surface area contributed by atoms with Crippen molar-refractivity contribution in [2.75, 3.05) is 50.6 Å². The summed E-state index contributed by atoms with van der Waals surface area (Å²) in [6.45, 7) is 4.41. The first-order chi connectivity index (χ1) is 15.2. The molecule has 0 aliphatic carbocycles. The van der Waals surface area contributed by atoms with Crippen molar-refractivity contribution in [2.24, 2.45) is 0 Å². The zero-order valence-corrected chi connectivity index (χ0v) is 18.5. The van der Waals surface area contributed by atoms with Gasteiger partial charge in [-0.3, -0.25) is 9.69 Å². The van der Waals surface area contributed by atoms with Crippen LogP contribution < -0.4 is 15.0 Å². The number of anilines is 2. The molecule has 1 amide bonds. The first-order valence-corrected chi connectivity index (χ1v) is 11.2. The van der Waals surface area contributed by atoms with Gasteiger partial charge in [-0.05, 0) is 80.8 Å². The van der Waals surface area contributed by atoms with Crippen LogP contribution in [0.2, 0.25) is 0 Å². The third-order valence-electron chi connectivity index (χ3n) is 6.57. The van der Waals surface area contributed by atoms with E-state index in [4.69, 9.17) is 9.47 Å². The highest BCUT2D eigenvalue weighted by molar-refractivity contribution is 6.04. The van der Waals surface area contributed by atoms with Gasteiger partial charge in [0.15, 0.2) is 0 Å². The summed E-state index contributed by atoms with van der Waals surface area (Å²) in [6.07, 6.45) is 5.20. The Bertz CT molecular complexity index is 845. The van der Waals surface area contributed by atoms with E-state index in [1.165, 1.54) is 37.9 Å². The van der Waals surface area contributed by atoms with E-state index >= 15 is 0 Å². The Kier molecular flexibility index (Phi) is 7.10. The predicted molar refractivity (Wildman–Crippen MR) is 124 cm³/mol. The fraction of sp³-hybridized carbons (Fsp3) is 0.480. The minimum absolute atomic E-state index is 0.118. The van der Waals surface area contributed by atoms with Crippen LogP contribution in [0.1, 0.15) is 36.0 Å². The maximum atomic E-state index is 12.5. The molecule has 0 radical (unpaired) electrons. The molecule has 2 heterocycles. The maximum Gasteiger partial charge on any atom is 0.255 e. The molecule has 0 unspecified atom stereocenters. The van der Waals surface area contributed by atoms with Crippen LogP contribution in [0.5, 0.6) is 5.75 Å². The zero-order valence-electron chi connectivity index (χ0n) is 18.5. The normalized spacial score (nSPS) is 20.5. The van der Waals surface area contributed by atoms with E-state index in [-0.39, 0.29) is 5.91 Å². The summed E-state index contributed by atoms with van der Waals surface area (Å²) in [4.78, 5) is 17.5. The van der Waals surface area contributed by atoms with E-state index in [0.29, 0.717) is 17.7 Å². The standard InChI is InChI=1S/C25H33N3O3/c1-30-23-11-5-19(6-12-23)25(29)26-20-7-9-21(10-8-20)27-16-13-22(14-17-27)28-15-3-4-24(18-28)31-2/h5-12,22,24H,3-4,13-18H2,1-2H3,(H,26,29)/t24-/m0/s1. The Balaban J connectivity index is 1.29. The van der Waals surface area contributed by atoms with Gasteiger partial charge >= 0.3 is 0 Å². The van der Waals surface area contributed by atoms with Crippen LogP contribution >= 0.6 is 0 Å². The summed E-state index contributed by atoms with van der Waals surface area (Å²) in [6, 6.07) is 16.0. The van der Waals surface area contributed by atoms with Gasteiger partial charge < -0.3 is 19.7 Å². The topological polar surface area (TPSA) is 54.0 Å². The Hall–Kier alpha value is -2.57. The number of likely N-dealkylation sites (tertiary alicyclic amines) is 1. The van der Waals surface area contributed by atoms with Crippen molar-refractivity contribution in [1.82, 2.24) is 4.90 Å². The number of amides is 1. The van der Waals surface area contributed by atoms with Gasteiger partial charge in [0.2, 0.25) is 0 Å². The van der Waals surface area contributed by atoms with E-state index < -0.39 is 0 Å². The molecule has 2 aliphatic rings. The third kappa shape index (κ3) is 5.38. The fourth-order valence-electron chi connectivity index (χ4n) is 4.68. The predicted octanol–water partition coefficient (Wildman–Crippen LogP) is 4.03. The van der Waals surface area contributed by atoms with Crippen LogP contribution in [0.4, 0.5) is 11.4 Å². The van der Waals surface area contributed by atoms with Crippen molar-refractivity contribution in [3.8, 4) is 5.75 Å². The zero-order chi connectivity index (χ0) is 21.6. The van der Waals surface area contributed by atoms with Crippen LogP contribution in [0.15, 0.2) is 48.5 Å². The molecule has 4 rings (SSSR count). The molecule has 6 nitrogen and oxygen atoms in total. The molecular formula is C25H33N3O3. The first kappa shape index (κ1) is 21.7. The summed E-state index contributed by atoms with van der Waals surface area (Å²) in [5.41, 5.74) is 2.63. The summed E-state index contributed by atoms with van der Waals surface area (Å²) >= 11 is 0. The van der Waals surface area contributed by atoms with Crippen LogP contribution in [0, 0.1) is 0 Å². The van der Waals surface area contributed by atoms with Crippen LogP contribution in [-0.2, 0) is 4.74 Å². The Labute approximate surface area is 185 Å². The highest BCUT2D eigenvalue weighted by Gasteiger charge is 2.28. The van der Waals surface area contributed by atoms with E-state index in [0.717, 1.165) is 31.1 Å². The summed E-state index contributed by atoms with van der Waals surface area (Å²) in [5, 5.41) is 2.97. The lowest BCUT2D eigenvalue weighted by Crippen LogP contribution is -2.50. The van der Waals surface area contributed by atoms with E-state index in [9.17, 15) is 4.79 Å². The largest absolute Gasteiger partial charge is 0.497 e. The second-order valence-corrected chi connectivity index (χ2v) is 8.44. The number of nitrogens with zero attached hydrogens (tertiary/aromatic N) is 2. The number of hydrogen-bond donors (Lipinski definition) is 1. The molecule has 6 heteroatoms. The molecule has 31 heavy (non-hydrogen) atoms. The quantitative estimate of drug-likeness (QED) is 0.760. The van der Waals surface area contributed by atoms with Crippen LogP contribution in [0.3, 0.4) is 0 Å². The van der Waals surface area contributed by atoms with Gasteiger partial charge in [-0.15, -0.1) is 0 Å². The summed E-state index contributed by atoms with van der Waals surface area (Å²) in [5.74, 6) is 0.621. The highest BCUT2D eigenvalue weighted by Crippen LogP contribution is 2.26. The summed E-state index contributed by atoms with van der Waals surface area (Å²) < 4.78 is 10.7. The molecule has 0 aromatic heterocycles. The van der Waals surface area contributed by atoms with Gasteiger partial charge in [0.05, 0.1) is 13.2 Å². The minimum Gasteiger partial charge on any atom is -0.497 e. The second kappa shape index (κ2) is 10.2. The monoisotopic (exact) mass is 423 g/mol. The van der Waals surface area contributed by atoms with E-state index in [1.807, 2.05) is 19.2 Å². The average molecular weight is 424 g/mol. The average Bonchev–Trinajstić information content (AvgIpc) is 2.84. The molecule has 2 aliphatic heterocycles. The van der Waals surface area contributed by atoms with Crippen LogP contribution in [0.25, 0.3) is 0 Å². The number of ether oxygens (including phenoxy) is 2. The SMILES string of the molecule is COc1ccc(C(=O)Nc2ccc(N3CCC(N4CCC[C@H](OC)C4)CC3)cc2)cc1. The number of carbonyl (C=O) groups excluding carboxylic acids is 1. The number of carbonyl (C=O) groups is 1. The number of nitrogens with one attached hydrogen (secondary N) is 1. The molecule has 0 bridgehead atoms. The number of rotatable bonds is 6. The first-order valence-electron chi connectivity index (χ1n) is 11.2. The molecular weight excluding hydrogens is 390 g/mol. The van der Waals surface area contributed by atoms with Crippen molar-refractivity contribution in [3.63, 3.8) is 0 Å². The van der Waals surface area contributed by atoms with Gasteiger partial charge in [0, 0.05) is 49.7 Å². The third-order valence-corrected chi connectivity index (χ3v) is 6.57. The summed E-state index contributed by atoms with van der Waals surface area (Å²) in [7, 11) is 3.45. The van der Waals surface area contributed by atoms with Crippen molar-refractivity contribution >= 4 is 17.3 Å². The van der Waals surface area contributed by atoms with Crippen molar-refractivity contribution in [2.45, 2.75) is 37.8 Å². The second-order valence-electron chi connectivity index (χ2n) is 8.44. The molecule has 2 aromatic carbocycles. The maximum absolute atomic E-state index is 12.5. The lowest BCUT2D eigenvalue weighted by molar-refractivity contribution is 0.0102. The van der Waals surface area contributed by atoms with Gasteiger partial charge in [0.1, 0.15) is 5.75 Å². The van der Waals surface area contributed by atoms with Gasteiger partial charge in [-0.25, -0.2) is 0 Å².